The second-order valence-corrected chi connectivity index (χ2v) is 6.38. The summed E-state index contributed by atoms with van der Waals surface area (Å²) in [6, 6.07) is 0. The summed E-state index contributed by atoms with van der Waals surface area (Å²) in [4.78, 5) is 0. The van der Waals surface area contributed by atoms with Gasteiger partial charge in [-0.15, -0.1) is 0 Å². The lowest BCUT2D eigenvalue weighted by Gasteiger charge is -2.39. The van der Waals surface area contributed by atoms with Crippen molar-refractivity contribution in [3.63, 3.8) is 0 Å². The molecular weight excluding hydrogens is 182 g/mol. The average molecular weight is 203 g/mol. The molecule has 0 unspecified atom stereocenters. The summed E-state index contributed by atoms with van der Waals surface area (Å²) < 4.78 is 5.55. The van der Waals surface area contributed by atoms with E-state index in [4.69, 9.17) is 4.74 Å². The van der Waals surface area contributed by atoms with Crippen LogP contribution in [0.4, 0.5) is 0 Å². The Hall–Kier alpha value is 0.270. The number of thioether (sulfide) groups is 1. The van der Waals surface area contributed by atoms with Crippen molar-refractivity contribution in [3.8, 4) is 0 Å². The maximum atomic E-state index is 5.20. The Morgan fingerprint density at radius 1 is 1.46 bits per heavy atom. The van der Waals surface area contributed by atoms with Gasteiger partial charge in [-0.3, -0.25) is 0 Å². The lowest BCUT2D eigenvalue weighted by Crippen LogP contribution is -2.49. The quantitative estimate of drug-likeness (QED) is 0.735. The van der Waals surface area contributed by atoms with Crippen LogP contribution in [0.5, 0.6) is 0 Å². The van der Waals surface area contributed by atoms with Gasteiger partial charge in [-0.05, 0) is 20.1 Å². The zero-order valence-corrected chi connectivity index (χ0v) is 9.96. The van der Waals surface area contributed by atoms with E-state index in [1.54, 1.807) is 0 Å². The Kier molecular flexibility index (Phi) is 3.66. The minimum Gasteiger partial charge on any atom is -0.380 e. The van der Waals surface area contributed by atoms with E-state index in [9.17, 15) is 0 Å². The molecule has 0 atom stereocenters. The van der Waals surface area contributed by atoms with Gasteiger partial charge in [0.2, 0.25) is 0 Å². The van der Waals surface area contributed by atoms with Gasteiger partial charge in [0.05, 0.1) is 13.2 Å². The molecular formula is C10H21NOS. The maximum absolute atomic E-state index is 5.20. The van der Waals surface area contributed by atoms with Crippen molar-refractivity contribution < 1.29 is 4.74 Å². The van der Waals surface area contributed by atoms with E-state index in [1.807, 2.05) is 11.8 Å². The van der Waals surface area contributed by atoms with Gasteiger partial charge in [-0.2, -0.15) is 11.8 Å². The standard InChI is InChI=1S/C10H21NOS/c1-9(2,13-4)5-11-6-10(3)7-12-8-10/h11H,5-8H2,1-4H3. The number of hydrogen-bond acceptors (Lipinski definition) is 3. The highest BCUT2D eigenvalue weighted by Gasteiger charge is 2.33. The molecule has 3 heteroatoms. The van der Waals surface area contributed by atoms with Gasteiger partial charge in [-0.1, -0.05) is 6.92 Å². The first kappa shape index (κ1) is 11.3. The third kappa shape index (κ3) is 3.49. The number of nitrogens with one attached hydrogen (secondary N) is 1. The maximum Gasteiger partial charge on any atom is 0.0554 e. The number of ether oxygens (including phenoxy) is 1. The van der Waals surface area contributed by atoms with Crippen LogP contribution in [0.3, 0.4) is 0 Å². The molecule has 0 spiro atoms. The van der Waals surface area contributed by atoms with Crippen LogP contribution in [-0.2, 0) is 4.74 Å². The molecule has 1 saturated heterocycles. The fraction of sp³-hybridized carbons (Fsp3) is 1.00. The molecule has 0 aromatic rings. The van der Waals surface area contributed by atoms with Crippen molar-refractivity contribution in [1.82, 2.24) is 5.32 Å². The molecule has 1 rings (SSSR count). The van der Waals surface area contributed by atoms with Crippen LogP contribution in [0.15, 0.2) is 0 Å². The van der Waals surface area contributed by atoms with Crippen LogP contribution < -0.4 is 5.32 Å². The van der Waals surface area contributed by atoms with Crippen molar-refractivity contribution in [3.05, 3.63) is 0 Å². The first-order chi connectivity index (χ1) is 5.97. The summed E-state index contributed by atoms with van der Waals surface area (Å²) in [5, 5.41) is 3.52. The van der Waals surface area contributed by atoms with Gasteiger partial charge in [0.15, 0.2) is 0 Å². The van der Waals surface area contributed by atoms with Crippen molar-refractivity contribution in [2.75, 3.05) is 32.6 Å². The van der Waals surface area contributed by atoms with Crippen LogP contribution >= 0.6 is 11.8 Å². The third-order valence-electron chi connectivity index (χ3n) is 2.56. The third-order valence-corrected chi connectivity index (χ3v) is 3.81. The topological polar surface area (TPSA) is 21.3 Å². The highest BCUT2D eigenvalue weighted by molar-refractivity contribution is 7.99. The molecule has 0 aliphatic carbocycles. The van der Waals surface area contributed by atoms with E-state index in [-0.39, 0.29) is 0 Å². The van der Waals surface area contributed by atoms with Gasteiger partial charge in [0, 0.05) is 23.3 Å². The van der Waals surface area contributed by atoms with Gasteiger partial charge >= 0.3 is 0 Å². The fourth-order valence-corrected chi connectivity index (χ4v) is 1.54. The molecule has 1 aliphatic rings. The molecule has 0 bridgehead atoms. The molecule has 1 heterocycles. The van der Waals surface area contributed by atoms with Gasteiger partial charge in [0.1, 0.15) is 0 Å². The minimum absolute atomic E-state index is 0.348. The van der Waals surface area contributed by atoms with E-state index in [1.165, 1.54) is 0 Å². The van der Waals surface area contributed by atoms with E-state index >= 15 is 0 Å². The first-order valence-corrected chi connectivity index (χ1v) is 6.04. The molecule has 0 aromatic carbocycles. The average Bonchev–Trinajstić information content (AvgIpc) is 2.01. The smallest absolute Gasteiger partial charge is 0.0554 e. The fourth-order valence-electron chi connectivity index (χ4n) is 1.29. The number of rotatable bonds is 5. The second kappa shape index (κ2) is 4.20. The summed E-state index contributed by atoms with van der Waals surface area (Å²) in [6.07, 6.45) is 2.16. The van der Waals surface area contributed by atoms with Crippen molar-refractivity contribution in [2.45, 2.75) is 25.5 Å². The summed E-state index contributed by atoms with van der Waals surface area (Å²) >= 11 is 1.91. The Morgan fingerprint density at radius 2 is 2.08 bits per heavy atom. The largest absolute Gasteiger partial charge is 0.380 e. The summed E-state index contributed by atoms with van der Waals surface area (Å²) in [5.41, 5.74) is 0.397. The normalized spacial score (nSPS) is 21.2. The Bertz CT molecular complexity index is 155. The first-order valence-electron chi connectivity index (χ1n) is 4.81. The summed E-state index contributed by atoms with van der Waals surface area (Å²) in [7, 11) is 0. The molecule has 1 N–H and O–H groups in total. The predicted molar refractivity (Wildman–Crippen MR) is 59.4 cm³/mol. The number of hydrogen-bond donors (Lipinski definition) is 1. The van der Waals surface area contributed by atoms with E-state index in [2.05, 4.69) is 32.3 Å². The monoisotopic (exact) mass is 203 g/mol. The predicted octanol–water partition coefficient (Wildman–Crippen LogP) is 1.75. The highest BCUT2D eigenvalue weighted by Crippen LogP contribution is 2.26. The SMILES string of the molecule is CSC(C)(C)CNCC1(C)COC1. The van der Waals surface area contributed by atoms with Gasteiger partial charge in [-0.25, -0.2) is 0 Å². The highest BCUT2D eigenvalue weighted by atomic mass is 32.2. The molecule has 13 heavy (non-hydrogen) atoms. The molecule has 1 aliphatic heterocycles. The van der Waals surface area contributed by atoms with E-state index in [0.717, 1.165) is 26.3 Å². The van der Waals surface area contributed by atoms with Crippen LogP contribution in [-0.4, -0.2) is 37.3 Å². The zero-order chi connectivity index (χ0) is 9.95. The molecule has 1 fully saturated rings. The van der Waals surface area contributed by atoms with E-state index in [0.29, 0.717) is 10.2 Å². The zero-order valence-electron chi connectivity index (χ0n) is 9.14. The van der Waals surface area contributed by atoms with Crippen LogP contribution in [0.1, 0.15) is 20.8 Å². The lowest BCUT2D eigenvalue weighted by molar-refractivity contribution is -0.0990. The van der Waals surface area contributed by atoms with Crippen molar-refractivity contribution in [2.24, 2.45) is 5.41 Å². The molecule has 0 amide bonds. The van der Waals surface area contributed by atoms with Gasteiger partial charge < -0.3 is 10.1 Å². The summed E-state index contributed by atoms with van der Waals surface area (Å²) in [6.45, 7) is 10.8. The summed E-state index contributed by atoms with van der Waals surface area (Å²) in [5.74, 6) is 0. The lowest BCUT2D eigenvalue weighted by atomic mass is 9.88. The van der Waals surface area contributed by atoms with Crippen LogP contribution in [0.25, 0.3) is 0 Å². The molecule has 0 aromatic heterocycles. The second-order valence-electron chi connectivity index (χ2n) is 4.87. The van der Waals surface area contributed by atoms with Crippen LogP contribution in [0.2, 0.25) is 0 Å². The molecule has 0 saturated carbocycles. The molecule has 2 nitrogen and oxygen atoms in total. The molecule has 0 radical (unpaired) electrons. The van der Waals surface area contributed by atoms with Crippen molar-refractivity contribution in [1.29, 1.82) is 0 Å². The van der Waals surface area contributed by atoms with Crippen LogP contribution in [0, 0.1) is 5.41 Å². The minimum atomic E-state index is 0.348. The van der Waals surface area contributed by atoms with Crippen molar-refractivity contribution >= 4 is 11.8 Å². The Labute approximate surface area is 85.8 Å². The van der Waals surface area contributed by atoms with E-state index < -0.39 is 0 Å². The Morgan fingerprint density at radius 3 is 2.46 bits per heavy atom. The Balaban J connectivity index is 2.13. The molecule has 78 valence electrons. The van der Waals surface area contributed by atoms with Gasteiger partial charge in [0.25, 0.3) is 0 Å².